The number of carbonyl (C=O) groups excluding carboxylic acids is 2. The van der Waals surface area contributed by atoms with Gasteiger partial charge in [-0.1, -0.05) is 25.1 Å². The average Bonchev–Trinajstić information content (AvgIpc) is 2.53. The first-order valence-electron chi connectivity index (χ1n) is 7.11. The zero-order chi connectivity index (χ0) is 15.9. The van der Waals surface area contributed by atoms with Crippen LogP contribution < -0.4 is 16.4 Å². The van der Waals surface area contributed by atoms with Crippen molar-refractivity contribution in [2.75, 3.05) is 17.2 Å². The Bertz CT molecular complexity index is 666. The van der Waals surface area contributed by atoms with E-state index >= 15 is 0 Å². The van der Waals surface area contributed by atoms with Gasteiger partial charge >= 0.3 is 0 Å². The molecule has 5 nitrogen and oxygen atoms in total. The Morgan fingerprint density at radius 1 is 1.05 bits per heavy atom. The summed E-state index contributed by atoms with van der Waals surface area (Å²) < 4.78 is 0. The summed E-state index contributed by atoms with van der Waals surface area (Å²) in [5, 5.41) is 5.89. The van der Waals surface area contributed by atoms with Crippen LogP contribution in [0.15, 0.2) is 48.5 Å². The Labute approximate surface area is 129 Å². The number of hydrogen-bond acceptors (Lipinski definition) is 3. The van der Waals surface area contributed by atoms with Crippen LogP contribution in [-0.4, -0.2) is 18.4 Å². The van der Waals surface area contributed by atoms with Gasteiger partial charge in [0.15, 0.2) is 0 Å². The molecule has 0 atom stereocenters. The average molecular weight is 297 g/mol. The van der Waals surface area contributed by atoms with Crippen molar-refractivity contribution in [3.8, 4) is 0 Å². The molecule has 0 spiro atoms. The molecule has 0 aliphatic heterocycles. The van der Waals surface area contributed by atoms with E-state index in [4.69, 9.17) is 5.73 Å². The normalized spacial score (nSPS) is 10.0. The predicted molar refractivity (Wildman–Crippen MR) is 87.9 cm³/mol. The molecule has 2 amide bonds. The van der Waals surface area contributed by atoms with Crippen LogP contribution in [0.25, 0.3) is 0 Å². The topological polar surface area (TPSA) is 84.2 Å². The number of aryl methyl sites for hydroxylation is 1. The Hall–Kier alpha value is -2.82. The maximum atomic E-state index is 11.9. The monoisotopic (exact) mass is 297 g/mol. The predicted octanol–water partition coefficient (Wildman–Crippen LogP) is 2.40. The van der Waals surface area contributed by atoms with Crippen LogP contribution in [0.5, 0.6) is 0 Å². The summed E-state index contributed by atoms with van der Waals surface area (Å²) in [6.45, 7) is 2.25. The van der Waals surface area contributed by atoms with E-state index in [0.29, 0.717) is 11.3 Å². The summed E-state index contributed by atoms with van der Waals surface area (Å²) in [6.07, 6.45) is 0.902. The summed E-state index contributed by atoms with van der Waals surface area (Å²) in [6, 6.07) is 14.4. The summed E-state index contributed by atoms with van der Waals surface area (Å²) in [4.78, 5) is 22.9. The Morgan fingerprint density at radius 3 is 2.36 bits per heavy atom. The lowest BCUT2D eigenvalue weighted by atomic mass is 10.1. The van der Waals surface area contributed by atoms with E-state index < -0.39 is 5.91 Å². The van der Waals surface area contributed by atoms with Crippen LogP contribution in [0.1, 0.15) is 22.8 Å². The number of para-hydroxylation sites is 1. The fraction of sp³-hybridized carbons (Fsp3) is 0.176. The molecule has 0 aliphatic rings. The van der Waals surface area contributed by atoms with Crippen LogP contribution >= 0.6 is 0 Å². The van der Waals surface area contributed by atoms with Crippen molar-refractivity contribution >= 4 is 23.2 Å². The quantitative estimate of drug-likeness (QED) is 0.765. The molecule has 5 heteroatoms. The zero-order valence-electron chi connectivity index (χ0n) is 12.4. The highest BCUT2D eigenvalue weighted by molar-refractivity contribution is 5.96. The number of anilines is 2. The number of primary amides is 1. The van der Waals surface area contributed by atoms with E-state index in [2.05, 4.69) is 17.6 Å². The number of amides is 2. The maximum Gasteiger partial charge on any atom is 0.248 e. The summed E-state index contributed by atoms with van der Waals surface area (Å²) >= 11 is 0. The molecule has 0 bridgehead atoms. The van der Waals surface area contributed by atoms with Crippen LogP contribution in [-0.2, 0) is 11.2 Å². The van der Waals surface area contributed by atoms with Crippen molar-refractivity contribution in [1.82, 2.24) is 0 Å². The van der Waals surface area contributed by atoms with Crippen LogP contribution in [0.4, 0.5) is 11.4 Å². The standard InChI is InChI=1S/C17H19N3O2/c1-2-12-5-3-4-6-15(12)19-11-16(21)20-14-9-7-13(8-10-14)17(18)22/h3-10,19H,2,11H2,1H3,(H2,18,22)(H,20,21). The lowest BCUT2D eigenvalue weighted by Crippen LogP contribution is -2.22. The van der Waals surface area contributed by atoms with Gasteiger partial charge in [-0.2, -0.15) is 0 Å². The SMILES string of the molecule is CCc1ccccc1NCC(=O)Nc1ccc(C(N)=O)cc1. The molecule has 0 saturated heterocycles. The molecule has 0 radical (unpaired) electrons. The first kappa shape index (κ1) is 15.6. The highest BCUT2D eigenvalue weighted by Crippen LogP contribution is 2.15. The van der Waals surface area contributed by atoms with E-state index in [1.54, 1.807) is 24.3 Å². The molecule has 22 heavy (non-hydrogen) atoms. The first-order valence-corrected chi connectivity index (χ1v) is 7.11. The number of nitrogens with two attached hydrogens (primary N) is 1. The van der Waals surface area contributed by atoms with Crippen LogP contribution in [0.2, 0.25) is 0 Å². The van der Waals surface area contributed by atoms with Gasteiger partial charge in [0.1, 0.15) is 0 Å². The van der Waals surface area contributed by atoms with Gasteiger partial charge in [-0.05, 0) is 42.3 Å². The van der Waals surface area contributed by atoms with Gasteiger partial charge in [-0.25, -0.2) is 0 Å². The van der Waals surface area contributed by atoms with Crippen molar-refractivity contribution in [2.24, 2.45) is 5.73 Å². The second-order valence-corrected chi connectivity index (χ2v) is 4.85. The third-order valence-corrected chi connectivity index (χ3v) is 3.29. The van der Waals surface area contributed by atoms with Gasteiger partial charge in [0.05, 0.1) is 6.54 Å². The number of rotatable bonds is 6. The smallest absolute Gasteiger partial charge is 0.248 e. The molecule has 4 N–H and O–H groups in total. The molecule has 0 aliphatic carbocycles. The van der Waals surface area contributed by atoms with Gasteiger partial charge in [0.2, 0.25) is 11.8 Å². The fourth-order valence-corrected chi connectivity index (χ4v) is 2.10. The maximum absolute atomic E-state index is 11.9. The highest BCUT2D eigenvalue weighted by atomic mass is 16.2. The molecule has 2 aromatic carbocycles. The number of carbonyl (C=O) groups is 2. The minimum atomic E-state index is -0.490. The summed E-state index contributed by atoms with van der Waals surface area (Å²) in [5.74, 6) is -0.645. The first-order chi connectivity index (χ1) is 10.6. The number of nitrogens with one attached hydrogen (secondary N) is 2. The van der Waals surface area contributed by atoms with E-state index in [0.717, 1.165) is 12.1 Å². The third kappa shape index (κ3) is 4.09. The number of hydrogen-bond donors (Lipinski definition) is 3. The minimum absolute atomic E-state index is 0.155. The van der Waals surface area contributed by atoms with E-state index in [1.165, 1.54) is 5.56 Å². The van der Waals surface area contributed by atoms with Crippen molar-refractivity contribution in [3.05, 3.63) is 59.7 Å². The second-order valence-electron chi connectivity index (χ2n) is 4.85. The van der Waals surface area contributed by atoms with Crippen molar-refractivity contribution in [1.29, 1.82) is 0 Å². The van der Waals surface area contributed by atoms with E-state index in [-0.39, 0.29) is 12.5 Å². The molecule has 0 fully saturated rings. The highest BCUT2D eigenvalue weighted by Gasteiger charge is 2.05. The zero-order valence-corrected chi connectivity index (χ0v) is 12.4. The lowest BCUT2D eigenvalue weighted by molar-refractivity contribution is -0.114. The van der Waals surface area contributed by atoms with Crippen molar-refractivity contribution in [3.63, 3.8) is 0 Å². The molecule has 2 rings (SSSR count). The molecule has 0 aromatic heterocycles. The van der Waals surface area contributed by atoms with E-state index in [9.17, 15) is 9.59 Å². The Morgan fingerprint density at radius 2 is 1.73 bits per heavy atom. The Balaban J connectivity index is 1.91. The second kappa shape index (κ2) is 7.26. The van der Waals surface area contributed by atoms with Gasteiger partial charge in [-0.15, -0.1) is 0 Å². The molecular formula is C17H19N3O2. The molecule has 0 unspecified atom stereocenters. The fourth-order valence-electron chi connectivity index (χ4n) is 2.10. The van der Waals surface area contributed by atoms with Crippen molar-refractivity contribution in [2.45, 2.75) is 13.3 Å². The van der Waals surface area contributed by atoms with Gasteiger partial charge in [-0.3, -0.25) is 9.59 Å². The number of benzene rings is 2. The summed E-state index contributed by atoms with van der Waals surface area (Å²) in [7, 11) is 0. The summed E-state index contributed by atoms with van der Waals surface area (Å²) in [5.41, 5.74) is 8.33. The van der Waals surface area contributed by atoms with Gasteiger partial charge in [0.25, 0.3) is 0 Å². The van der Waals surface area contributed by atoms with Gasteiger partial charge in [0, 0.05) is 16.9 Å². The largest absolute Gasteiger partial charge is 0.376 e. The third-order valence-electron chi connectivity index (χ3n) is 3.29. The van der Waals surface area contributed by atoms with Gasteiger partial charge < -0.3 is 16.4 Å². The molecule has 2 aromatic rings. The van der Waals surface area contributed by atoms with Crippen molar-refractivity contribution < 1.29 is 9.59 Å². The molecule has 0 saturated carbocycles. The van der Waals surface area contributed by atoms with Crippen LogP contribution in [0.3, 0.4) is 0 Å². The molecule has 0 heterocycles. The minimum Gasteiger partial charge on any atom is -0.376 e. The lowest BCUT2D eigenvalue weighted by Gasteiger charge is -2.11. The molecule has 114 valence electrons. The molecular weight excluding hydrogens is 278 g/mol. The Kier molecular flexibility index (Phi) is 5.14. The van der Waals surface area contributed by atoms with Crippen LogP contribution in [0, 0.1) is 0 Å². The van der Waals surface area contributed by atoms with E-state index in [1.807, 2.05) is 24.3 Å².